The summed E-state index contributed by atoms with van der Waals surface area (Å²) >= 11 is 0. The van der Waals surface area contributed by atoms with Gasteiger partial charge in [-0.15, -0.1) is 0 Å². The molecule has 1 aliphatic heterocycles. The topological polar surface area (TPSA) is 39.7 Å². The minimum Gasteiger partial charge on any atom is -0.335 e. The van der Waals surface area contributed by atoms with E-state index < -0.39 is 0 Å². The minimum absolute atomic E-state index is 0.315. The van der Waals surface area contributed by atoms with Gasteiger partial charge in [0.2, 0.25) is 5.91 Å². The number of carbonyl (C=O) groups excluding carboxylic acids is 1. The van der Waals surface area contributed by atoms with Gasteiger partial charge in [0.15, 0.2) is 0 Å². The average Bonchev–Trinajstić information content (AvgIpc) is 3.44. The van der Waals surface area contributed by atoms with Crippen LogP contribution in [0.2, 0.25) is 0 Å². The molecule has 0 bridgehead atoms. The van der Waals surface area contributed by atoms with Gasteiger partial charge in [0, 0.05) is 63.6 Å². The lowest BCUT2D eigenvalue weighted by Gasteiger charge is -2.36. The lowest BCUT2D eigenvalue weighted by atomic mass is 10.1. The quantitative estimate of drug-likeness (QED) is 0.766. The van der Waals surface area contributed by atoms with Gasteiger partial charge in [-0.25, -0.2) is 0 Å². The molecule has 0 aromatic carbocycles. The molecule has 132 valence electrons. The van der Waals surface area contributed by atoms with E-state index in [4.69, 9.17) is 0 Å². The number of pyridine rings is 1. The SMILES string of the molecule is C[C@@H](CCC(=O)N(Cc1ccncc1)C1CC1)N1CCN(C)CC1. The van der Waals surface area contributed by atoms with Crippen molar-refractivity contribution in [3.63, 3.8) is 0 Å². The molecule has 1 atom stereocenters. The maximum Gasteiger partial charge on any atom is 0.223 e. The molecule has 0 radical (unpaired) electrons. The molecule has 0 unspecified atom stereocenters. The smallest absolute Gasteiger partial charge is 0.223 e. The van der Waals surface area contributed by atoms with E-state index in [-0.39, 0.29) is 0 Å². The van der Waals surface area contributed by atoms with Crippen molar-refractivity contribution in [3.8, 4) is 0 Å². The molecule has 1 aliphatic carbocycles. The van der Waals surface area contributed by atoms with Crippen LogP contribution < -0.4 is 0 Å². The van der Waals surface area contributed by atoms with Gasteiger partial charge in [-0.3, -0.25) is 14.7 Å². The highest BCUT2D eigenvalue weighted by atomic mass is 16.2. The van der Waals surface area contributed by atoms with E-state index in [1.54, 1.807) is 12.4 Å². The van der Waals surface area contributed by atoms with Crippen molar-refractivity contribution in [1.82, 2.24) is 19.7 Å². The molecule has 5 nitrogen and oxygen atoms in total. The number of hydrogen-bond acceptors (Lipinski definition) is 4. The first-order valence-corrected chi connectivity index (χ1v) is 9.24. The highest BCUT2D eigenvalue weighted by molar-refractivity contribution is 5.77. The molecule has 1 saturated carbocycles. The highest BCUT2D eigenvalue weighted by Crippen LogP contribution is 2.29. The van der Waals surface area contributed by atoms with E-state index >= 15 is 0 Å². The number of piperazine rings is 1. The maximum atomic E-state index is 12.8. The Morgan fingerprint density at radius 3 is 2.54 bits per heavy atom. The molecular weight excluding hydrogens is 300 g/mol. The van der Waals surface area contributed by atoms with Gasteiger partial charge in [-0.05, 0) is 50.9 Å². The predicted octanol–water partition coefficient (Wildman–Crippen LogP) is 1.99. The second-order valence-electron chi connectivity index (χ2n) is 7.34. The first-order valence-electron chi connectivity index (χ1n) is 9.24. The van der Waals surface area contributed by atoms with E-state index in [0.717, 1.165) is 52.0 Å². The lowest BCUT2D eigenvalue weighted by molar-refractivity contribution is -0.132. The van der Waals surface area contributed by atoms with Crippen LogP contribution in [0.1, 0.15) is 38.2 Å². The van der Waals surface area contributed by atoms with Gasteiger partial charge < -0.3 is 9.80 Å². The van der Waals surface area contributed by atoms with Crippen molar-refractivity contribution in [2.45, 2.75) is 51.2 Å². The van der Waals surface area contributed by atoms with E-state index in [2.05, 4.69) is 33.7 Å². The standard InChI is InChI=1S/C19H30N4O/c1-16(22-13-11-21(2)12-14-22)3-6-19(24)23(18-4-5-18)15-17-7-9-20-10-8-17/h7-10,16,18H,3-6,11-15H2,1-2H3/t16-/m0/s1. The van der Waals surface area contributed by atoms with Gasteiger partial charge in [-0.2, -0.15) is 0 Å². The summed E-state index contributed by atoms with van der Waals surface area (Å²) in [6.07, 6.45) is 7.55. The Morgan fingerprint density at radius 1 is 1.25 bits per heavy atom. The van der Waals surface area contributed by atoms with Crippen molar-refractivity contribution >= 4 is 5.91 Å². The van der Waals surface area contributed by atoms with Crippen molar-refractivity contribution in [2.24, 2.45) is 0 Å². The molecular formula is C19H30N4O. The maximum absolute atomic E-state index is 12.8. The van der Waals surface area contributed by atoms with E-state index in [1.807, 2.05) is 12.1 Å². The van der Waals surface area contributed by atoms with Crippen LogP contribution in [-0.2, 0) is 11.3 Å². The third kappa shape index (κ3) is 4.77. The monoisotopic (exact) mass is 330 g/mol. The van der Waals surface area contributed by atoms with Crippen LogP contribution in [0.3, 0.4) is 0 Å². The first kappa shape index (κ1) is 17.4. The molecule has 0 spiro atoms. The Morgan fingerprint density at radius 2 is 1.92 bits per heavy atom. The Kier molecular flexibility index (Phi) is 5.85. The summed E-state index contributed by atoms with van der Waals surface area (Å²) in [5.74, 6) is 0.315. The van der Waals surface area contributed by atoms with Crippen LogP contribution >= 0.6 is 0 Å². The molecule has 1 amide bonds. The summed E-state index contributed by atoms with van der Waals surface area (Å²) in [5, 5.41) is 0. The highest BCUT2D eigenvalue weighted by Gasteiger charge is 2.32. The van der Waals surface area contributed by atoms with Gasteiger partial charge in [0.1, 0.15) is 0 Å². The van der Waals surface area contributed by atoms with Crippen LogP contribution in [0, 0.1) is 0 Å². The number of aromatic nitrogens is 1. The average molecular weight is 330 g/mol. The molecule has 1 aromatic heterocycles. The van der Waals surface area contributed by atoms with E-state index in [1.165, 1.54) is 5.56 Å². The molecule has 1 aromatic rings. The number of hydrogen-bond donors (Lipinski definition) is 0. The first-order chi connectivity index (χ1) is 11.6. The van der Waals surface area contributed by atoms with Gasteiger partial charge in [0.25, 0.3) is 0 Å². The van der Waals surface area contributed by atoms with Crippen LogP contribution in [0.5, 0.6) is 0 Å². The van der Waals surface area contributed by atoms with Crippen LogP contribution in [0.4, 0.5) is 0 Å². The fraction of sp³-hybridized carbons (Fsp3) is 0.684. The normalized spacial score (nSPS) is 20.8. The minimum atomic E-state index is 0.315. The number of likely N-dealkylation sites (N-methyl/N-ethyl adjacent to an activating group) is 1. The third-order valence-electron chi connectivity index (χ3n) is 5.35. The van der Waals surface area contributed by atoms with Crippen LogP contribution in [0.15, 0.2) is 24.5 Å². The summed E-state index contributed by atoms with van der Waals surface area (Å²) in [6.45, 7) is 7.51. The predicted molar refractivity (Wildman–Crippen MR) is 95.6 cm³/mol. The molecule has 0 N–H and O–H groups in total. The zero-order valence-electron chi connectivity index (χ0n) is 15.0. The third-order valence-corrected chi connectivity index (χ3v) is 5.35. The fourth-order valence-electron chi connectivity index (χ4n) is 3.41. The van der Waals surface area contributed by atoms with Crippen molar-refractivity contribution in [3.05, 3.63) is 30.1 Å². The molecule has 2 aliphatic rings. The number of nitrogens with zero attached hydrogens (tertiary/aromatic N) is 4. The van der Waals surface area contributed by atoms with Gasteiger partial charge in [-0.1, -0.05) is 0 Å². The Hall–Kier alpha value is -1.46. The number of rotatable bonds is 7. The largest absolute Gasteiger partial charge is 0.335 e. The Balaban J connectivity index is 1.49. The fourth-order valence-corrected chi connectivity index (χ4v) is 3.41. The molecule has 3 rings (SSSR count). The Bertz CT molecular complexity index is 523. The van der Waals surface area contributed by atoms with Crippen LogP contribution in [-0.4, -0.2) is 70.9 Å². The summed E-state index contributed by atoms with van der Waals surface area (Å²) < 4.78 is 0. The molecule has 1 saturated heterocycles. The van der Waals surface area contributed by atoms with E-state index in [0.29, 0.717) is 24.4 Å². The van der Waals surface area contributed by atoms with E-state index in [9.17, 15) is 4.79 Å². The lowest BCUT2D eigenvalue weighted by Crippen LogP contribution is -2.48. The number of carbonyl (C=O) groups is 1. The molecule has 5 heteroatoms. The summed E-state index contributed by atoms with van der Waals surface area (Å²) in [7, 11) is 2.18. The van der Waals surface area contributed by atoms with Gasteiger partial charge in [0.05, 0.1) is 0 Å². The van der Waals surface area contributed by atoms with Crippen molar-refractivity contribution < 1.29 is 4.79 Å². The second kappa shape index (κ2) is 8.08. The summed E-state index contributed by atoms with van der Waals surface area (Å²) in [6, 6.07) is 4.97. The molecule has 2 heterocycles. The summed E-state index contributed by atoms with van der Waals surface area (Å²) in [4.78, 5) is 23.8. The molecule has 2 fully saturated rings. The zero-order valence-corrected chi connectivity index (χ0v) is 15.0. The zero-order chi connectivity index (χ0) is 16.9. The number of amides is 1. The Labute approximate surface area is 145 Å². The van der Waals surface area contributed by atoms with Gasteiger partial charge >= 0.3 is 0 Å². The molecule has 24 heavy (non-hydrogen) atoms. The van der Waals surface area contributed by atoms with Crippen molar-refractivity contribution in [1.29, 1.82) is 0 Å². The summed E-state index contributed by atoms with van der Waals surface area (Å²) in [5.41, 5.74) is 1.18. The van der Waals surface area contributed by atoms with Crippen LogP contribution in [0.25, 0.3) is 0 Å². The second-order valence-corrected chi connectivity index (χ2v) is 7.34. The van der Waals surface area contributed by atoms with Crippen molar-refractivity contribution in [2.75, 3.05) is 33.2 Å².